The van der Waals surface area contributed by atoms with E-state index in [-0.39, 0.29) is 12.3 Å². The second kappa shape index (κ2) is 9.00. The van der Waals surface area contributed by atoms with Gasteiger partial charge in [0.05, 0.1) is 20.3 Å². The van der Waals surface area contributed by atoms with Crippen LogP contribution in [0.5, 0.6) is 0 Å². The highest BCUT2D eigenvalue weighted by Crippen LogP contribution is 2.44. The average molecular weight is 302 g/mol. The molecule has 0 saturated heterocycles. The number of esters is 1. The van der Waals surface area contributed by atoms with Gasteiger partial charge in [-0.25, -0.2) is 0 Å². The van der Waals surface area contributed by atoms with Crippen LogP contribution in [0.15, 0.2) is 0 Å². The Morgan fingerprint density at radius 3 is 2.33 bits per heavy atom. The van der Waals surface area contributed by atoms with Crippen molar-refractivity contribution in [2.45, 2.75) is 38.5 Å². The summed E-state index contributed by atoms with van der Waals surface area (Å²) in [5, 5.41) is 9.66. The molecule has 6 nitrogen and oxygen atoms in total. The number of carboxylic acid groups (broad SMARTS) is 1. The second-order valence-electron chi connectivity index (χ2n) is 5.46. The topological polar surface area (TPSA) is 82.1 Å². The van der Waals surface area contributed by atoms with E-state index >= 15 is 0 Å². The monoisotopic (exact) mass is 302 g/mol. The zero-order valence-corrected chi connectivity index (χ0v) is 12.9. The highest BCUT2D eigenvalue weighted by atomic mass is 16.5. The van der Waals surface area contributed by atoms with Gasteiger partial charge >= 0.3 is 11.9 Å². The van der Waals surface area contributed by atoms with Crippen LogP contribution in [0.25, 0.3) is 0 Å². The van der Waals surface area contributed by atoms with Crippen LogP contribution in [0, 0.1) is 11.3 Å². The average Bonchev–Trinajstić information content (AvgIpc) is 3.00. The lowest BCUT2D eigenvalue weighted by molar-refractivity contribution is -0.172. The number of carbonyl (C=O) groups excluding carboxylic acids is 1. The van der Waals surface area contributed by atoms with Gasteiger partial charge in [0.15, 0.2) is 5.41 Å². The smallest absolute Gasteiger partial charge is 0.323 e. The molecule has 1 fully saturated rings. The Bertz CT molecular complexity index is 337. The maximum Gasteiger partial charge on any atom is 0.323 e. The molecule has 122 valence electrons. The van der Waals surface area contributed by atoms with Gasteiger partial charge in [-0.05, 0) is 31.6 Å². The van der Waals surface area contributed by atoms with E-state index in [0.717, 1.165) is 25.7 Å². The lowest BCUT2D eigenvalue weighted by Gasteiger charge is -2.32. The van der Waals surface area contributed by atoms with Crippen molar-refractivity contribution in [3.63, 3.8) is 0 Å². The summed E-state index contributed by atoms with van der Waals surface area (Å²) in [4.78, 5) is 24.0. The van der Waals surface area contributed by atoms with E-state index in [1.54, 1.807) is 7.11 Å². The summed E-state index contributed by atoms with van der Waals surface area (Å²) in [7, 11) is 2.85. The van der Waals surface area contributed by atoms with E-state index in [4.69, 9.17) is 14.2 Å². The van der Waals surface area contributed by atoms with Crippen molar-refractivity contribution in [2.75, 3.05) is 34.0 Å². The van der Waals surface area contributed by atoms with Crippen molar-refractivity contribution in [1.29, 1.82) is 0 Å². The minimum absolute atomic E-state index is 0.138. The molecule has 0 bridgehead atoms. The minimum atomic E-state index is -1.42. The first kappa shape index (κ1) is 17.9. The third-order valence-electron chi connectivity index (χ3n) is 4.27. The molecular formula is C15H26O6. The Kier molecular flexibility index (Phi) is 7.67. The standard InChI is InChI=1S/C15H26O6/c1-19-10-11-21-9-5-8-15(13(16)17,14(18)20-2)12-6-3-4-7-12/h12H,3-11H2,1-2H3,(H,16,17). The van der Waals surface area contributed by atoms with Gasteiger partial charge < -0.3 is 19.3 Å². The molecule has 1 rings (SSSR count). The fourth-order valence-corrected chi connectivity index (χ4v) is 3.14. The SMILES string of the molecule is COCCOCCCC(C(=O)O)(C(=O)OC)C1CCCC1. The van der Waals surface area contributed by atoms with Crippen molar-refractivity contribution in [2.24, 2.45) is 11.3 Å². The van der Waals surface area contributed by atoms with Crippen LogP contribution >= 0.6 is 0 Å². The highest BCUT2D eigenvalue weighted by Gasteiger charge is 2.53. The minimum Gasteiger partial charge on any atom is -0.480 e. The molecule has 0 aromatic heterocycles. The fourth-order valence-electron chi connectivity index (χ4n) is 3.14. The second-order valence-corrected chi connectivity index (χ2v) is 5.46. The molecule has 1 saturated carbocycles. The van der Waals surface area contributed by atoms with Crippen molar-refractivity contribution < 1.29 is 28.9 Å². The van der Waals surface area contributed by atoms with Gasteiger partial charge in [0.2, 0.25) is 0 Å². The van der Waals surface area contributed by atoms with E-state index in [1.807, 2.05) is 0 Å². The van der Waals surface area contributed by atoms with Gasteiger partial charge in [0.1, 0.15) is 0 Å². The Morgan fingerprint density at radius 1 is 1.14 bits per heavy atom. The molecule has 1 aliphatic rings. The number of ether oxygens (including phenoxy) is 3. The molecule has 21 heavy (non-hydrogen) atoms. The summed E-state index contributed by atoms with van der Waals surface area (Å²) in [5.74, 6) is -1.83. The molecule has 0 aromatic carbocycles. The Morgan fingerprint density at radius 2 is 1.81 bits per heavy atom. The number of rotatable bonds is 10. The van der Waals surface area contributed by atoms with Crippen molar-refractivity contribution in [3.05, 3.63) is 0 Å². The van der Waals surface area contributed by atoms with Crippen molar-refractivity contribution in [1.82, 2.24) is 0 Å². The first-order chi connectivity index (χ1) is 10.1. The molecule has 0 spiro atoms. The molecule has 0 radical (unpaired) electrons. The quantitative estimate of drug-likeness (QED) is 0.377. The summed E-state index contributed by atoms with van der Waals surface area (Å²) in [6.45, 7) is 1.39. The fraction of sp³-hybridized carbons (Fsp3) is 0.867. The van der Waals surface area contributed by atoms with E-state index in [9.17, 15) is 14.7 Å². The molecule has 0 aromatic rings. The van der Waals surface area contributed by atoms with E-state index in [2.05, 4.69) is 0 Å². The van der Waals surface area contributed by atoms with Crippen LogP contribution in [-0.2, 0) is 23.8 Å². The first-order valence-corrected chi connectivity index (χ1v) is 7.48. The molecule has 0 aliphatic heterocycles. The van der Waals surface area contributed by atoms with Crippen molar-refractivity contribution in [3.8, 4) is 0 Å². The summed E-state index contributed by atoms with van der Waals surface area (Å²) >= 11 is 0. The highest BCUT2D eigenvalue weighted by molar-refractivity contribution is 5.99. The number of aliphatic carboxylic acids is 1. The number of carboxylic acids is 1. The summed E-state index contributed by atoms with van der Waals surface area (Å²) in [6, 6.07) is 0. The Labute approximate surface area is 125 Å². The predicted octanol–water partition coefficient (Wildman–Crippen LogP) is 1.86. The van der Waals surface area contributed by atoms with Crippen LogP contribution in [0.4, 0.5) is 0 Å². The van der Waals surface area contributed by atoms with Crippen LogP contribution in [0.3, 0.4) is 0 Å². The van der Waals surface area contributed by atoms with E-state index < -0.39 is 17.4 Å². The third-order valence-corrected chi connectivity index (χ3v) is 4.27. The molecule has 1 aliphatic carbocycles. The van der Waals surface area contributed by atoms with Crippen LogP contribution < -0.4 is 0 Å². The van der Waals surface area contributed by atoms with Gasteiger partial charge in [-0.3, -0.25) is 9.59 Å². The van der Waals surface area contributed by atoms with Gasteiger partial charge in [-0.15, -0.1) is 0 Å². The molecule has 0 amide bonds. The normalized spacial score (nSPS) is 18.4. The van der Waals surface area contributed by atoms with E-state index in [1.165, 1.54) is 7.11 Å². The number of methoxy groups -OCH3 is 2. The molecule has 1 unspecified atom stereocenters. The van der Waals surface area contributed by atoms with Crippen molar-refractivity contribution >= 4 is 11.9 Å². The third kappa shape index (κ3) is 4.41. The predicted molar refractivity (Wildman–Crippen MR) is 76.0 cm³/mol. The van der Waals surface area contributed by atoms with E-state index in [0.29, 0.717) is 26.2 Å². The molecule has 1 atom stereocenters. The maximum absolute atomic E-state index is 12.2. The summed E-state index contributed by atoms with van der Waals surface area (Å²) < 4.78 is 15.0. The van der Waals surface area contributed by atoms with Gasteiger partial charge in [0.25, 0.3) is 0 Å². The Balaban J connectivity index is 2.66. The lowest BCUT2D eigenvalue weighted by atomic mass is 9.71. The number of hydrogen-bond donors (Lipinski definition) is 1. The van der Waals surface area contributed by atoms with Crippen LogP contribution in [0.2, 0.25) is 0 Å². The molecule has 1 N–H and O–H groups in total. The van der Waals surface area contributed by atoms with Gasteiger partial charge in [0, 0.05) is 13.7 Å². The van der Waals surface area contributed by atoms with Crippen LogP contribution in [0.1, 0.15) is 38.5 Å². The van der Waals surface area contributed by atoms with Crippen LogP contribution in [-0.4, -0.2) is 51.1 Å². The zero-order valence-electron chi connectivity index (χ0n) is 12.9. The lowest BCUT2D eigenvalue weighted by Crippen LogP contribution is -2.46. The maximum atomic E-state index is 12.2. The molecular weight excluding hydrogens is 276 g/mol. The Hall–Kier alpha value is -1.14. The first-order valence-electron chi connectivity index (χ1n) is 7.48. The largest absolute Gasteiger partial charge is 0.480 e. The summed E-state index contributed by atoms with van der Waals surface area (Å²) in [6.07, 6.45) is 4.26. The zero-order chi connectivity index (χ0) is 15.7. The van der Waals surface area contributed by atoms with Gasteiger partial charge in [-0.2, -0.15) is 0 Å². The summed E-state index contributed by atoms with van der Waals surface area (Å²) in [5.41, 5.74) is -1.42. The molecule has 0 heterocycles. The number of hydrogen-bond acceptors (Lipinski definition) is 5. The molecule has 6 heteroatoms. The van der Waals surface area contributed by atoms with Gasteiger partial charge in [-0.1, -0.05) is 12.8 Å². The number of carbonyl (C=O) groups is 2.